The van der Waals surface area contributed by atoms with Crippen molar-refractivity contribution in [3.05, 3.63) is 70.4 Å². The molecule has 196 valence electrons. The Balaban J connectivity index is 1.28. The van der Waals surface area contributed by atoms with Gasteiger partial charge in [0.2, 0.25) is 17.7 Å². The fourth-order valence-corrected chi connectivity index (χ4v) is 4.96. The van der Waals surface area contributed by atoms with Crippen LogP contribution in [0.5, 0.6) is 0 Å². The number of benzene rings is 2. The summed E-state index contributed by atoms with van der Waals surface area (Å²) in [6.45, 7) is 2.58. The van der Waals surface area contributed by atoms with Gasteiger partial charge in [0.15, 0.2) is 0 Å². The van der Waals surface area contributed by atoms with Crippen molar-refractivity contribution in [3.63, 3.8) is 0 Å². The van der Waals surface area contributed by atoms with E-state index in [1.165, 1.54) is 0 Å². The number of anilines is 2. The Bertz CT molecular complexity index is 1400. The minimum Gasteiger partial charge on any atom is -0.379 e. The molecule has 0 bridgehead atoms. The SMILES string of the molecule is Cc1ccc(NC(=O)CC2(c3cccc(NC4=CC(=O)N(C5CCC(=O)NC5=O)C4=O)c3)COC2)cc1Cl. The highest BCUT2D eigenvalue weighted by molar-refractivity contribution is 6.31. The first-order chi connectivity index (χ1) is 18.1. The van der Waals surface area contributed by atoms with Crippen LogP contribution in [0.4, 0.5) is 11.4 Å². The Hall–Kier alpha value is -4.02. The second-order valence-corrected chi connectivity index (χ2v) is 10.1. The van der Waals surface area contributed by atoms with Gasteiger partial charge in [-0.05, 0) is 48.7 Å². The Morgan fingerprint density at radius 1 is 1.13 bits per heavy atom. The van der Waals surface area contributed by atoms with Gasteiger partial charge in [0.05, 0.1) is 18.6 Å². The van der Waals surface area contributed by atoms with E-state index in [4.69, 9.17) is 16.3 Å². The molecule has 0 radical (unpaired) electrons. The van der Waals surface area contributed by atoms with Crippen LogP contribution in [-0.4, -0.2) is 53.7 Å². The summed E-state index contributed by atoms with van der Waals surface area (Å²) >= 11 is 6.17. The first-order valence-corrected chi connectivity index (χ1v) is 12.5. The Labute approximate surface area is 223 Å². The maximum atomic E-state index is 13.0. The summed E-state index contributed by atoms with van der Waals surface area (Å²) in [6, 6.07) is 11.5. The zero-order valence-corrected chi connectivity index (χ0v) is 21.3. The lowest BCUT2D eigenvalue weighted by atomic mass is 9.75. The number of rotatable bonds is 7. The normalized spacial score (nSPS) is 20.5. The highest BCUT2D eigenvalue weighted by Gasteiger charge is 2.44. The quantitative estimate of drug-likeness (QED) is 0.463. The number of ether oxygens (including phenoxy) is 1. The summed E-state index contributed by atoms with van der Waals surface area (Å²) in [4.78, 5) is 63.0. The monoisotopic (exact) mass is 536 g/mol. The van der Waals surface area contributed by atoms with Crippen LogP contribution in [-0.2, 0) is 34.1 Å². The number of carbonyl (C=O) groups excluding carboxylic acids is 5. The van der Waals surface area contributed by atoms with Crippen LogP contribution in [0.3, 0.4) is 0 Å². The summed E-state index contributed by atoms with van der Waals surface area (Å²) in [5.74, 6) is -2.56. The summed E-state index contributed by atoms with van der Waals surface area (Å²) in [5, 5.41) is 8.59. The van der Waals surface area contributed by atoms with Crippen LogP contribution in [0.1, 0.15) is 30.4 Å². The van der Waals surface area contributed by atoms with Crippen molar-refractivity contribution in [1.29, 1.82) is 0 Å². The van der Waals surface area contributed by atoms with E-state index >= 15 is 0 Å². The average Bonchev–Trinajstić information content (AvgIpc) is 3.11. The second-order valence-electron chi connectivity index (χ2n) is 9.71. The summed E-state index contributed by atoms with van der Waals surface area (Å²) in [7, 11) is 0. The first-order valence-electron chi connectivity index (χ1n) is 12.1. The predicted octanol–water partition coefficient (Wildman–Crippen LogP) is 2.42. The van der Waals surface area contributed by atoms with Gasteiger partial charge in [0.1, 0.15) is 11.7 Å². The molecule has 3 aliphatic rings. The molecule has 1 atom stereocenters. The third kappa shape index (κ3) is 4.92. The number of nitrogens with zero attached hydrogens (tertiary/aromatic N) is 1. The number of hydrogen-bond donors (Lipinski definition) is 3. The standard InChI is InChI=1S/C27H25ClN4O6/c1-15-5-6-18(10-19(15)28)30-23(34)12-27(13-38-14-27)16-3-2-4-17(9-16)29-20-11-24(35)32(26(20)37)21-7-8-22(33)31-25(21)36/h2-6,9-11,21,29H,7-8,12-14H2,1H3,(H,30,34)(H,31,33,36). The number of piperidine rings is 1. The van der Waals surface area contributed by atoms with Crippen LogP contribution < -0.4 is 16.0 Å². The van der Waals surface area contributed by atoms with E-state index in [9.17, 15) is 24.0 Å². The largest absolute Gasteiger partial charge is 0.379 e. The molecule has 3 heterocycles. The molecule has 3 N–H and O–H groups in total. The Kier molecular flexibility index (Phi) is 6.77. The van der Waals surface area contributed by atoms with Gasteiger partial charge in [0.25, 0.3) is 11.8 Å². The molecule has 2 fully saturated rings. The fraction of sp³-hybridized carbons (Fsp3) is 0.296. The van der Waals surface area contributed by atoms with Gasteiger partial charge in [-0.25, -0.2) is 0 Å². The highest BCUT2D eigenvalue weighted by Crippen LogP contribution is 2.37. The van der Waals surface area contributed by atoms with Crippen molar-refractivity contribution in [1.82, 2.24) is 10.2 Å². The minimum absolute atomic E-state index is 0.0183. The molecule has 11 heteroatoms. The van der Waals surface area contributed by atoms with E-state index in [1.54, 1.807) is 24.3 Å². The zero-order valence-electron chi connectivity index (χ0n) is 20.5. The molecule has 2 saturated heterocycles. The number of carbonyl (C=O) groups is 5. The molecule has 0 saturated carbocycles. The molecule has 0 aromatic heterocycles. The van der Waals surface area contributed by atoms with Gasteiger partial charge in [0, 0.05) is 35.3 Å². The van der Waals surface area contributed by atoms with E-state index in [2.05, 4.69) is 16.0 Å². The molecule has 10 nitrogen and oxygen atoms in total. The third-order valence-corrected chi connectivity index (χ3v) is 7.35. The van der Waals surface area contributed by atoms with Gasteiger partial charge < -0.3 is 15.4 Å². The second kappa shape index (κ2) is 10.0. The molecule has 5 rings (SSSR count). The molecular formula is C27H25ClN4O6. The highest BCUT2D eigenvalue weighted by atomic mass is 35.5. The van der Waals surface area contributed by atoms with E-state index in [0.717, 1.165) is 22.1 Å². The van der Waals surface area contributed by atoms with E-state index in [-0.39, 0.29) is 30.9 Å². The molecule has 5 amide bonds. The lowest BCUT2D eigenvalue weighted by Crippen LogP contribution is -2.54. The lowest BCUT2D eigenvalue weighted by Gasteiger charge is -2.41. The van der Waals surface area contributed by atoms with Crippen LogP contribution in [0, 0.1) is 6.92 Å². The number of halogens is 1. The third-order valence-electron chi connectivity index (χ3n) is 6.94. The van der Waals surface area contributed by atoms with Crippen LogP contribution in [0.25, 0.3) is 0 Å². The van der Waals surface area contributed by atoms with Gasteiger partial charge in [-0.15, -0.1) is 0 Å². The Morgan fingerprint density at radius 3 is 2.61 bits per heavy atom. The number of aryl methyl sites for hydroxylation is 1. The fourth-order valence-electron chi connectivity index (χ4n) is 4.78. The van der Waals surface area contributed by atoms with Gasteiger partial charge in [-0.3, -0.25) is 34.2 Å². The van der Waals surface area contributed by atoms with Crippen LogP contribution in [0.2, 0.25) is 5.02 Å². The predicted molar refractivity (Wildman–Crippen MR) is 138 cm³/mol. The molecule has 0 aliphatic carbocycles. The van der Waals surface area contributed by atoms with Crippen molar-refractivity contribution in [2.24, 2.45) is 0 Å². The number of amides is 5. The number of imide groups is 2. The van der Waals surface area contributed by atoms with Gasteiger partial charge >= 0.3 is 0 Å². The van der Waals surface area contributed by atoms with Crippen molar-refractivity contribution in [2.45, 2.75) is 37.6 Å². The van der Waals surface area contributed by atoms with E-state index < -0.39 is 35.1 Å². The van der Waals surface area contributed by atoms with Crippen LogP contribution >= 0.6 is 11.6 Å². The lowest BCUT2D eigenvalue weighted by molar-refractivity contribution is -0.149. The maximum absolute atomic E-state index is 13.0. The van der Waals surface area contributed by atoms with Crippen LogP contribution in [0.15, 0.2) is 54.2 Å². The smallest absolute Gasteiger partial charge is 0.278 e. The molecule has 0 spiro atoms. The topological polar surface area (TPSA) is 134 Å². The number of hydrogen-bond acceptors (Lipinski definition) is 7. The Morgan fingerprint density at radius 2 is 1.92 bits per heavy atom. The zero-order chi connectivity index (χ0) is 27.0. The maximum Gasteiger partial charge on any atom is 0.278 e. The van der Waals surface area contributed by atoms with Crippen molar-refractivity contribution < 1.29 is 28.7 Å². The summed E-state index contributed by atoms with van der Waals surface area (Å²) in [6.07, 6.45) is 1.44. The molecule has 2 aromatic carbocycles. The average molecular weight is 537 g/mol. The summed E-state index contributed by atoms with van der Waals surface area (Å²) in [5.41, 5.74) is 2.36. The molecule has 38 heavy (non-hydrogen) atoms. The van der Waals surface area contributed by atoms with Crippen molar-refractivity contribution >= 4 is 52.5 Å². The molecule has 2 aromatic rings. The van der Waals surface area contributed by atoms with Crippen molar-refractivity contribution in [3.8, 4) is 0 Å². The summed E-state index contributed by atoms with van der Waals surface area (Å²) < 4.78 is 5.48. The van der Waals surface area contributed by atoms with E-state index in [1.807, 2.05) is 25.1 Å². The van der Waals surface area contributed by atoms with Gasteiger partial charge in [-0.2, -0.15) is 0 Å². The molecule has 3 aliphatic heterocycles. The minimum atomic E-state index is -1.04. The number of nitrogens with one attached hydrogen (secondary N) is 3. The van der Waals surface area contributed by atoms with Gasteiger partial charge in [-0.1, -0.05) is 29.8 Å². The molecule has 1 unspecified atom stereocenters. The van der Waals surface area contributed by atoms with E-state index in [0.29, 0.717) is 29.6 Å². The molecular weight excluding hydrogens is 512 g/mol. The van der Waals surface area contributed by atoms with Crippen molar-refractivity contribution in [2.75, 3.05) is 23.8 Å². The first kappa shape index (κ1) is 25.6.